The summed E-state index contributed by atoms with van der Waals surface area (Å²) in [5.41, 5.74) is -0.0405. The number of aliphatic carboxylic acids is 1. The predicted molar refractivity (Wildman–Crippen MR) is 47.7 cm³/mol. The second-order valence-corrected chi connectivity index (χ2v) is 2.69. The molecule has 1 aromatic heterocycles. The fraction of sp³-hybridized carbons (Fsp3) is 0.375. The van der Waals surface area contributed by atoms with E-state index >= 15 is 0 Å². The van der Waals surface area contributed by atoms with Gasteiger partial charge < -0.3 is 14.6 Å². The van der Waals surface area contributed by atoms with Crippen LogP contribution in [0.25, 0.3) is 0 Å². The largest absolute Gasteiger partial charge is 0.479 e. The molecule has 82 valence electrons. The number of aryl methyl sites for hydroxylation is 1. The maximum atomic E-state index is 11.2. The summed E-state index contributed by atoms with van der Waals surface area (Å²) in [6.45, 7) is -0.532. The van der Waals surface area contributed by atoms with E-state index < -0.39 is 18.5 Å². The molecule has 0 unspecified atom stereocenters. The molecule has 0 atom stereocenters. The van der Waals surface area contributed by atoms with Crippen LogP contribution < -0.4 is 4.74 Å². The molecule has 0 spiro atoms. The maximum absolute atomic E-state index is 11.2. The van der Waals surface area contributed by atoms with Gasteiger partial charge >= 0.3 is 11.9 Å². The van der Waals surface area contributed by atoms with Gasteiger partial charge in [-0.15, -0.1) is 0 Å². The number of esters is 1. The minimum Gasteiger partial charge on any atom is -0.479 e. The number of hydrogen-bond acceptors (Lipinski definition) is 5. The number of carboxylic acids is 1. The topological polar surface area (TPSA) is 90.6 Å². The summed E-state index contributed by atoms with van der Waals surface area (Å²) < 4.78 is 10.7. The highest BCUT2D eigenvalue weighted by Gasteiger charge is 2.18. The van der Waals surface area contributed by atoms with Gasteiger partial charge in [0.2, 0.25) is 5.69 Å². The minimum atomic E-state index is -1.13. The van der Waals surface area contributed by atoms with E-state index in [-0.39, 0.29) is 11.4 Å². The van der Waals surface area contributed by atoms with Crippen LogP contribution in [0.5, 0.6) is 5.75 Å². The zero-order chi connectivity index (χ0) is 11.4. The van der Waals surface area contributed by atoms with Crippen LogP contribution in [0, 0.1) is 0 Å². The normalized spacial score (nSPS) is 9.73. The lowest BCUT2D eigenvalue weighted by atomic mass is 10.4. The Morgan fingerprint density at radius 1 is 1.60 bits per heavy atom. The number of carboxylic acid groups (broad SMARTS) is 1. The van der Waals surface area contributed by atoms with Crippen molar-refractivity contribution < 1.29 is 24.2 Å². The third-order valence-corrected chi connectivity index (χ3v) is 1.53. The van der Waals surface area contributed by atoms with E-state index in [1.807, 2.05) is 0 Å². The van der Waals surface area contributed by atoms with E-state index in [1.165, 1.54) is 18.0 Å². The van der Waals surface area contributed by atoms with E-state index in [1.54, 1.807) is 7.05 Å². The fourth-order valence-corrected chi connectivity index (χ4v) is 0.950. The molecule has 0 bridgehead atoms. The standard InChI is InChI=1S/C8H10N2O5/c1-10-3-5(15-4-6(11)12)7(9-10)8(13)14-2/h3H,4H2,1-2H3,(H,11,12). The Morgan fingerprint density at radius 3 is 2.80 bits per heavy atom. The molecule has 0 amide bonds. The number of methoxy groups -OCH3 is 1. The van der Waals surface area contributed by atoms with Gasteiger partial charge in [-0.2, -0.15) is 5.10 Å². The third kappa shape index (κ3) is 2.70. The Hall–Kier alpha value is -2.05. The number of carbonyl (C=O) groups excluding carboxylic acids is 1. The van der Waals surface area contributed by atoms with Gasteiger partial charge in [-0.1, -0.05) is 0 Å². The average Bonchev–Trinajstić information content (AvgIpc) is 2.55. The maximum Gasteiger partial charge on any atom is 0.362 e. The third-order valence-electron chi connectivity index (χ3n) is 1.53. The SMILES string of the molecule is COC(=O)c1nn(C)cc1OCC(=O)O. The quantitative estimate of drug-likeness (QED) is 0.690. The molecule has 1 rings (SSSR count). The Morgan fingerprint density at radius 2 is 2.27 bits per heavy atom. The number of nitrogens with zero attached hydrogens (tertiary/aromatic N) is 2. The minimum absolute atomic E-state index is 0.0405. The van der Waals surface area contributed by atoms with Crippen LogP contribution in [0.2, 0.25) is 0 Å². The molecule has 1 heterocycles. The number of aromatic nitrogens is 2. The summed E-state index contributed by atoms with van der Waals surface area (Å²) in [6.07, 6.45) is 1.40. The van der Waals surface area contributed by atoms with E-state index in [0.717, 1.165) is 0 Å². The van der Waals surface area contributed by atoms with E-state index in [2.05, 4.69) is 9.84 Å². The number of hydrogen-bond donors (Lipinski definition) is 1. The number of carbonyl (C=O) groups is 2. The van der Waals surface area contributed by atoms with Crippen molar-refractivity contribution in [3.63, 3.8) is 0 Å². The fourth-order valence-electron chi connectivity index (χ4n) is 0.950. The first-order chi connectivity index (χ1) is 7.04. The number of rotatable bonds is 4. The van der Waals surface area contributed by atoms with Crippen molar-refractivity contribution in [3.05, 3.63) is 11.9 Å². The van der Waals surface area contributed by atoms with Gasteiger partial charge in [0.25, 0.3) is 0 Å². The van der Waals surface area contributed by atoms with Crippen LogP contribution in [-0.2, 0) is 16.6 Å². The molecule has 0 fully saturated rings. The summed E-state index contributed by atoms with van der Waals surface area (Å²) in [5, 5.41) is 12.2. The van der Waals surface area contributed by atoms with Gasteiger partial charge in [0.1, 0.15) is 0 Å². The molecule has 0 aliphatic heterocycles. The molecule has 0 saturated carbocycles. The Balaban J connectivity index is 2.86. The summed E-state index contributed by atoms with van der Waals surface area (Å²) in [5.74, 6) is -1.71. The van der Waals surface area contributed by atoms with Crippen LogP contribution >= 0.6 is 0 Å². The lowest BCUT2D eigenvalue weighted by Crippen LogP contribution is -2.12. The van der Waals surface area contributed by atoms with Crippen LogP contribution in [0.1, 0.15) is 10.5 Å². The van der Waals surface area contributed by atoms with E-state index in [0.29, 0.717) is 0 Å². The van der Waals surface area contributed by atoms with Crippen LogP contribution in [0.15, 0.2) is 6.20 Å². The van der Waals surface area contributed by atoms with Gasteiger partial charge in [0.15, 0.2) is 12.4 Å². The van der Waals surface area contributed by atoms with Crippen molar-refractivity contribution in [3.8, 4) is 5.75 Å². The molecule has 0 radical (unpaired) electrons. The monoisotopic (exact) mass is 214 g/mol. The summed E-state index contributed by atoms with van der Waals surface area (Å²) in [7, 11) is 2.79. The highest BCUT2D eigenvalue weighted by atomic mass is 16.5. The Kier molecular flexibility index (Phi) is 3.27. The van der Waals surface area contributed by atoms with Crippen molar-refractivity contribution in [1.29, 1.82) is 0 Å². The van der Waals surface area contributed by atoms with Crippen molar-refractivity contribution in [2.75, 3.05) is 13.7 Å². The molecule has 1 N–H and O–H groups in total. The summed E-state index contributed by atoms with van der Waals surface area (Å²) in [6, 6.07) is 0. The van der Waals surface area contributed by atoms with Crippen LogP contribution in [0.4, 0.5) is 0 Å². The zero-order valence-electron chi connectivity index (χ0n) is 8.26. The molecule has 0 aliphatic carbocycles. The smallest absolute Gasteiger partial charge is 0.362 e. The van der Waals surface area contributed by atoms with Gasteiger partial charge in [0.05, 0.1) is 13.3 Å². The van der Waals surface area contributed by atoms with Crippen LogP contribution in [-0.4, -0.2) is 40.5 Å². The second-order valence-electron chi connectivity index (χ2n) is 2.69. The Labute approximate surface area is 85.2 Å². The average molecular weight is 214 g/mol. The molecule has 0 aromatic carbocycles. The lowest BCUT2D eigenvalue weighted by molar-refractivity contribution is -0.139. The zero-order valence-corrected chi connectivity index (χ0v) is 8.26. The van der Waals surface area contributed by atoms with Gasteiger partial charge in [-0.05, 0) is 0 Å². The summed E-state index contributed by atoms with van der Waals surface area (Å²) >= 11 is 0. The summed E-state index contributed by atoms with van der Waals surface area (Å²) in [4.78, 5) is 21.4. The molecule has 7 heteroatoms. The molecule has 0 aliphatic rings. The molecule has 15 heavy (non-hydrogen) atoms. The lowest BCUT2D eigenvalue weighted by Gasteiger charge is -2.00. The first-order valence-electron chi connectivity index (χ1n) is 4.01. The Bertz CT molecular complexity index is 384. The van der Waals surface area contributed by atoms with E-state index in [4.69, 9.17) is 9.84 Å². The first-order valence-corrected chi connectivity index (χ1v) is 4.01. The van der Waals surface area contributed by atoms with Crippen molar-refractivity contribution in [1.82, 2.24) is 9.78 Å². The molecular formula is C8H10N2O5. The van der Waals surface area contributed by atoms with Gasteiger partial charge in [0, 0.05) is 7.05 Å². The second kappa shape index (κ2) is 4.45. The van der Waals surface area contributed by atoms with Gasteiger partial charge in [-0.25, -0.2) is 9.59 Å². The van der Waals surface area contributed by atoms with Gasteiger partial charge in [-0.3, -0.25) is 4.68 Å². The van der Waals surface area contributed by atoms with Crippen molar-refractivity contribution in [2.24, 2.45) is 7.05 Å². The molecule has 1 aromatic rings. The first kappa shape index (κ1) is 11.0. The molecule has 7 nitrogen and oxygen atoms in total. The van der Waals surface area contributed by atoms with Crippen LogP contribution in [0.3, 0.4) is 0 Å². The number of ether oxygens (including phenoxy) is 2. The van der Waals surface area contributed by atoms with E-state index in [9.17, 15) is 9.59 Å². The van der Waals surface area contributed by atoms with Crippen molar-refractivity contribution in [2.45, 2.75) is 0 Å². The van der Waals surface area contributed by atoms with Crippen molar-refractivity contribution >= 4 is 11.9 Å². The molecule has 0 saturated heterocycles. The highest BCUT2D eigenvalue weighted by Crippen LogP contribution is 2.16. The molecular weight excluding hydrogens is 204 g/mol. The highest BCUT2D eigenvalue weighted by molar-refractivity contribution is 5.90. The predicted octanol–water partition coefficient (Wildman–Crippen LogP) is -0.330.